The van der Waals surface area contributed by atoms with Crippen LogP contribution in [0.25, 0.3) is 0 Å². The van der Waals surface area contributed by atoms with Crippen LogP contribution in [0.1, 0.15) is 0 Å². The van der Waals surface area contributed by atoms with Crippen LogP contribution in [0.15, 0.2) is 0 Å². The molecule has 0 aliphatic heterocycles. The van der Waals surface area contributed by atoms with Gasteiger partial charge in [0.2, 0.25) is 0 Å². The standard InChI is InChI=1S/2BH4.B.Zn/h2*1H4;;/q2*-1;;+2. The fraction of sp³-hybridized carbons (Fsp3) is 0. The number of hydrogen-bond acceptors (Lipinski definition) is 0. The van der Waals surface area contributed by atoms with Crippen molar-refractivity contribution in [2.45, 2.75) is 0 Å². The van der Waals surface area contributed by atoms with Gasteiger partial charge in [0, 0.05) is 8.41 Å². The average Bonchev–Trinajstić information content (AvgIpc) is 0. The van der Waals surface area contributed by atoms with Crippen LogP contribution >= 0.6 is 0 Å². The van der Waals surface area contributed by atoms with Gasteiger partial charge in [-0.05, 0) is 0 Å². The molecule has 4 heteroatoms. The van der Waals surface area contributed by atoms with Gasteiger partial charge in [-0.3, -0.25) is 0 Å². The van der Waals surface area contributed by atoms with Gasteiger partial charge in [-0.15, -0.1) is 0 Å². The summed E-state index contributed by atoms with van der Waals surface area (Å²) in [7, 11) is 0. The molecule has 0 fully saturated rings. The van der Waals surface area contributed by atoms with E-state index < -0.39 is 0 Å². The summed E-state index contributed by atoms with van der Waals surface area (Å²) in [6, 6.07) is 0. The topological polar surface area (TPSA) is 0 Å². The van der Waals surface area contributed by atoms with E-state index in [0.29, 0.717) is 0 Å². The molecular formula is H8B3Zn. The van der Waals surface area contributed by atoms with E-state index in [1.165, 1.54) is 0 Å². The van der Waals surface area contributed by atoms with Crippen LogP contribution in [-0.2, 0) is 19.5 Å². The van der Waals surface area contributed by atoms with E-state index in [4.69, 9.17) is 0 Å². The summed E-state index contributed by atoms with van der Waals surface area (Å²) in [6.07, 6.45) is 0. The molecule has 0 aromatic carbocycles. The molecule has 0 N–H and O–H groups in total. The van der Waals surface area contributed by atoms with Crippen LogP contribution < -0.4 is 0 Å². The molecule has 0 saturated carbocycles. The maximum atomic E-state index is 0. The van der Waals surface area contributed by atoms with Gasteiger partial charge in [-0.1, -0.05) is 16.8 Å². The van der Waals surface area contributed by atoms with Crippen molar-refractivity contribution in [1.82, 2.24) is 0 Å². The molecule has 3 radical (unpaired) electrons. The SMILES string of the molecule is [BH4-].[BH4-].[B].[Zn+2]. The van der Waals surface area contributed by atoms with Gasteiger partial charge in [0.25, 0.3) is 0 Å². The van der Waals surface area contributed by atoms with Crippen LogP contribution in [0.4, 0.5) is 0 Å². The Bertz CT molecular complexity index is 3.25. The number of hydrogen-bond donors (Lipinski definition) is 0. The van der Waals surface area contributed by atoms with Crippen molar-refractivity contribution in [2.75, 3.05) is 0 Å². The Balaban J connectivity index is 0. The molecule has 0 spiro atoms. The summed E-state index contributed by atoms with van der Waals surface area (Å²) in [5.41, 5.74) is 0. The molecule has 0 amide bonds. The second-order valence-electron chi connectivity index (χ2n) is 0. The second-order valence-corrected chi connectivity index (χ2v) is 0. The average molecular weight is 106 g/mol. The van der Waals surface area contributed by atoms with Crippen molar-refractivity contribution < 1.29 is 19.5 Å². The molecule has 0 rings (SSSR count). The van der Waals surface area contributed by atoms with Crippen LogP contribution in [0.3, 0.4) is 0 Å². The fourth-order valence-electron chi connectivity index (χ4n) is 0. The van der Waals surface area contributed by atoms with Gasteiger partial charge in [-0.2, -0.15) is 0 Å². The van der Waals surface area contributed by atoms with Crippen molar-refractivity contribution >= 4 is 25.2 Å². The van der Waals surface area contributed by atoms with E-state index in [9.17, 15) is 0 Å². The summed E-state index contributed by atoms with van der Waals surface area (Å²) in [5.74, 6) is 0. The van der Waals surface area contributed by atoms with Gasteiger partial charge in [0.1, 0.15) is 0 Å². The van der Waals surface area contributed by atoms with Crippen LogP contribution in [0.2, 0.25) is 0 Å². The van der Waals surface area contributed by atoms with Crippen LogP contribution in [0, 0.1) is 0 Å². The van der Waals surface area contributed by atoms with Crippen molar-refractivity contribution in [1.29, 1.82) is 0 Å². The molecule has 19 valence electrons. The van der Waals surface area contributed by atoms with Gasteiger partial charge >= 0.3 is 19.5 Å². The molecule has 0 heterocycles. The Hall–Kier alpha value is 0.818. The van der Waals surface area contributed by atoms with Gasteiger partial charge in [0.05, 0.1) is 0 Å². The first-order chi connectivity index (χ1) is 0. The Morgan fingerprint density at radius 3 is 0.750 bits per heavy atom. The molecule has 4 heavy (non-hydrogen) atoms. The van der Waals surface area contributed by atoms with E-state index in [0.717, 1.165) is 0 Å². The predicted octanol–water partition coefficient (Wildman–Crippen LogP) is -3.29. The van der Waals surface area contributed by atoms with E-state index in [1.54, 1.807) is 0 Å². The Morgan fingerprint density at radius 1 is 0.750 bits per heavy atom. The minimum absolute atomic E-state index is 0. The summed E-state index contributed by atoms with van der Waals surface area (Å²) in [6.45, 7) is 0. The first-order valence-electron chi connectivity index (χ1n) is 0. The summed E-state index contributed by atoms with van der Waals surface area (Å²) in [5, 5.41) is 0. The zero-order valence-electron chi connectivity index (χ0n) is 1.28. The van der Waals surface area contributed by atoms with Crippen molar-refractivity contribution in [3.05, 3.63) is 0 Å². The third-order valence-corrected chi connectivity index (χ3v) is 0. The Kier molecular flexibility index (Phi) is 1190. The van der Waals surface area contributed by atoms with E-state index in [-0.39, 0.29) is 44.7 Å². The molecule has 0 atom stereocenters. The minimum Gasteiger partial charge on any atom is -0.0626 e. The molecule has 0 aliphatic carbocycles. The smallest absolute Gasteiger partial charge is 0.0626 e. The predicted molar refractivity (Wildman–Crippen MR) is 28.4 cm³/mol. The molecule has 0 unspecified atom stereocenters. The molecule has 0 aromatic rings. The normalized spacial score (nSPS) is 0. The van der Waals surface area contributed by atoms with Crippen molar-refractivity contribution in [3.8, 4) is 0 Å². The second kappa shape index (κ2) is 45.3. The van der Waals surface area contributed by atoms with Gasteiger partial charge < -0.3 is 0 Å². The largest absolute Gasteiger partial charge is 2.00 e. The Labute approximate surface area is 45.2 Å². The maximum Gasteiger partial charge on any atom is 2.00 e. The van der Waals surface area contributed by atoms with Crippen molar-refractivity contribution in [2.24, 2.45) is 0 Å². The minimum atomic E-state index is 0. The first kappa shape index (κ1) is 105. The van der Waals surface area contributed by atoms with Gasteiger partial charge in [-0.25, -0.2) is 0 Å². The summed E-state index contributed by atoms with van der Waals surface area (Å²) < 4.78 is 0. The molecule has 0 aromatic heterocycles. The zero-order valence-corrected chi connectivity index (χ0v) is 4.25. The fourth-order valence-corrected chi connectivity index (χ4v) is 0. The molecule has 0 aliphatic rings. The third-order valence-electron chi connectivity index (χ3n) is 0. The first-order valence-corrected chi connectivity index (χ1v) is 0. The van der Waals surface area contributed by atoms with Crippen LogP contribution in [0.5, 0.6) is 0 Å². The quantitative estimate of drug-likeness (QED) is 0.284. The maximum absolute atomic E-state index is 0. The monoisotopic (exact) mass is 105 g/mol. The van der Waals surface area contributed by atoms with E-state index >= 15 is 0 Å². The van der Waals surface area contributed by atoms with E-state index in [1.807, 2.05) is 0 Å². The molecule has 0 saturated heterocycles. The molecular weight excluding hydrogens is 97.8 g/mol. The van der Waals surface area contributed by atoms with E-state index in [2.05, 4.69) is 0 Å². The van der Waals surface area contributed by atoms with Gasteiger partial charge in [0.15, 0.2) is 0 Å². The Morgan fingerprint density at radius 2 is 0.750 bits per heavy atom. The summed E-state index contributed by atoms with van der Waals surface area (Å²) in [4.78, 5) is 0. The zero-order chi connectivity index (χ0) is 0. The van der Waals surface area contributed by atoms with Crippen LogP contribution in [-0.4, -0.2) is 25.2 Å². The molecule has 0 bridgehead atoms. The number of rotatable bonds is 0. The van der Waals surface area contributed by atoms with Crippen molar-refractivity contribution in [3.63, 3.8) is 0 Å². The third kappa shape index (κ3) is 13.9. The summed E-state index contributed by atoms with van der Waals surface area (Å²) >= 11 is 0. The molecule has 0 nitrogen and oxygen atoms in total.